The van der Waals surface area contributed by atoms with Crippen molar-refractivity contribution < 1.29 is 13.6 Å². The van der Waals surface area contributed by atoms with E-state index in [0.717, 1.165) is 75.9 Å². The van der Waals surface area contributed by atoms with Crippen molar-refractivity contribution in [3.8, 4) is 22.6 Å². The molecule has 0 amide bonds. The van der Waals surface area contributed by atoms with Gasteiger partial charge in [0.05, 0.1) is 24.9 Å². The van der Waals surface area contributed by atoms with Crippen LogP contribution in [0.1, 0.15) is 51.3 Å². The van der Waals surface area contributed by atoms with E-state index >= 15 is 0 Å². The van der Waals surface area contributed by atoms with Crippen molar-refractivity contribution in [1.82, 2.24) is 19.7 Å². The molecule has 7 nitrogen and oxygen atoms in total. The summed E-state index contributed by atoms with van der Waals surface area (Å²) in [6.07, 6.45) is 8.95. The summed E-state index contributed by atoms with van der Waals surface area (Å²) in [6.45, 7) is 12.1. The zero-order chi connectivity index (χ0) is 30.9. The first-order valence-corrected chi connectivity index (χ1v) is 16.0. The van der Waals surface area contributed by atoms with E-state index in [4.69, 9.17) is 19.5 Å². The molecule has 5 aromatic heterocycles. The van der Waals surface area contributed by atoms with Gasteiger partial charge in [-0.2, -0.15) is 9.67 Å². The Balaban J connectivity index is 1.36. The lowest BCUT2D eigenvalue weighted by molar-refractivity contribution is -0.784. The summed E-state index contributed by atoms with van der Waals surface area (Å²) in [6, 6.07) is 25.3. The molecule has 0 fully saturated rings. The van der Waals surface area contributed by atoms with Crippen molar-refractivity contribution in [2.45, 2.75) is 71.5 Å². The van der Waals surface area contributed by atoms with E-state index in [1.54, 1.807) is 0 Å². The predicted molar refractivity (Wildman–Crippen MR) is 177 cm³/mol. The second-order valence-corrected chi connectivity index (χ2v) is 12.7. The number of pyridine rings is 2. The molecule has 0 radical (unpaired) electrons. The monoisotopic (exact) mass is 594 g/mol. The molecule has 2 aromatic carbocycles. The molecule has 6 heterocycles. The second kappa shape index (κ2) is 10.1. The summed E-state index contributed by atoms with van der Waals surface area (Å²) >= 11 is 0. The first kappa shape index (κ1) is 27.6. The minimum Gasteiger partial charge on any atom is -0.456 e. The number of furan rings is 1. The summed E-state index contributed by atoms with van der Waals surface area (Å²) in [4.78, 5) is 9.87. The zero-order valence-corrected chi connectivity index (χ0v) is 26.6. The molecule has 7 aromatic rings. The van der Waals surface area contributed by atoms with Crippen LogP contribution in [0.2, 0.25) is 0 Å². The molecule has 224 valence electrons. The Morgan fingerprint density at radius 2 is 1.71 bits per heavy atom. The highest BCUT2D eigenvalue weighted by Crippen LogP contribution is 2.47. The maximum atomic E-state index is 6.34. The molecule has 7 heteroatoms. The third-order valence-electron chi connectivity index (χ3n) is 10.6. The lowest BCUT2D eigenvalue weighted by Crippen LogP contribution is -2.72. The van der Waals surface area contributed by atoms with E-state index in [1.165, 1.54) is 17.0 Å². The van der Waals surface area contributed by atoms with E-state index in [-0.39, 0.29) is 11.1 Å². The van der Waals surface area contributed by atoms with Crippen molar-refractivity contribution >= 4 is 33.1 Å². The summed E-state index contributed by atoms with van der Waals surface area (Å²) in [5.74, 6) is 0. The minimum absolute atomic E-state index is 0.248. The molecule has 45 heavy (non-hydrogen) atoms. The number of hydrogen-bond donors (Lipinski definition) is 0. The van der Waals surface area contributed by atoms with Gasteiger partial charge in [-0.3, -0.25) is 0 Å². The van der Waals surface area contributed by atoms with Gasteiger partial charge in [0, 0.05) is 34.9 Å². The van der Waals surface area contributed by atoms with Gasteiger partial charge in [-0.05, 0) is 74.1 Å². The third-order valence-corrected chi connectivity index (χ3v) is 10.6. The predicted octanol–water partition coefficient (Wildman–Crippen LogP) is 7.59. The van der Waals surface area contributed by atoms with Crippen LogP contribution in [0.4, 0.5) is 0 Å². The van der Waals surface area contributed by atoms with E-state index in [9.17, 15) is 0 Å². The quantitative estimate of drug-likeness (QED) is 0.186. The Kier molecular flexibility index (Phi) is 6.17. The number of para-hydroxylation sites is 1. The highest BCUT2D eigenvalue weighted by molar-refractivity contribution is 6.12. The van der Waals surface area contributed by atoms with Crippen LogP contribution in [-0.4, -0.2) is 19.7 Å². The Hall–Kier alpha value is -4.91. The fraction of sp³-hybridized carbons (Fsp3) is 0.289. The first-order chi connectivity index (χ1) is 21.9. The molecular formula is C38H38N6O+2. The van der Waals surface area contributed by atoms with Crippen molar-refractivity contribution in [2.24, 2.45) is 0 Å². The van der Waals surface area contributed by atoms with Crippen molar-refractivity contribution in [3.63, 3.8) is 0 Å². The van der Waals surface area contributed by atoms with Crippen LogP contribution in [0.3, 0.4) is 0 Å². The molecular weight excluding hydrogens is 556 g/mol. The number of hydrogen-bond acceptors (Lipinski definition) is 4. The molecule has 2 atom stereocenters. The topological polar surface area (TPSA) is 64.5 Å². The molecule has 0 bridgehead atoms. The highest BCUT2D eigenvalue weighted by atomic mass is 16.3. The van der Waals surface area contributed by atoms with E-state index in [1.807, 2.05) is 30.6 Å². The van der Waals surface area contributed by atoms with Crippen LogP contribution in [0, 0.1) is 13.8 Å². The van der Waals surface area contributed by atoms with Crippen molar-refractivity contribution in [2.75, 3.05) is 0 Å². The fourth-order valence-electron chi connectivity index (χ4n) is 8.12. The van der Waals surface area contributed by atoms with Gasteiger partial charge in [-0.15, -0.1) is 0 Å². The maximum absolute atomic E-state index is 6.34. The zero-order valence-electron chi connectivity index (χ0n) is 26.6. The summed E-state index contributed by atoms with van der Waals surface area (Å²) < 4.78 is 13.6. The lowest BCUT2D eigenvalue weighted by Gasteiger charge is -2.47. The summed E-state index contributed by atoms with van der Waals surface area (Å²) in [7, 11) is 0. The number of fused-ring (bicyclic) bond motifs is 7. The van der Waals surface area contributed by atoms with Crippen molar-refractivity contribution in [1.29, 1.82) is 0 Å². The molecule has 1 aliphatic heterocycles. The Morgan fingerprint density at radius 1 is 0.867 bits per heavy atom. The minimum atomic E-state index is -0.252. The number of aryl methyl sites for hydroxylation is 3. The lowest BCUT2D eigenvalue weighted by atomic mass is 9.69. The molecule has 8 rings (SSSR count). The Bertz CT molecular complexity index is 2260. The number of rotatable bonds is 6. The largest absolute Gasteiger partial charge is 0.456 e. The van der Waals surface area contributed by atoms with Crippen LogP contribution in [0.5, 0.6) is 0 Å². The Labute approximate surface area is 262 Å². The second-order valence-electron chi connectivity index (χ2n) is 12.7. The average Bonchev–Trinajstić information content (AvgIpc) is 3.66. The normalized spacial score (nSPS) is 19.3. The van der Waals surface area contributed by atoms with Crippen LogP contribution < -0.4 is 9.13 Å². The van der Waals surface area contributed by atoms with Crippen molar-refractivity contribution in [3.05, 3.63) is 103 Å². The van der Waals surface area contributed by atoms with Gasteiger partial charge < -0.3 is 4.42 Å². The molecule has 0 saturated heterocycles. The molecule has 1 aliphatic rings. The van der Waals surface area contributed by atoms with Crippen LogP contribution in [0.15, 0.2) is 95.8 Å². The Morgan fingerprint density at radius 3 is 2.56 bits per heavy atom. The summed E-state index contributed by atoms with van der Waals surface area (Å²) in [5.41, 5.74) is 9.84. The van der Waals surface area contributed by atoms with E-state index in [0.29, 0.717) is 0 Å². The van der Waals surface area contributed by atoms with Gasteiger partial charge in [0.25, 0.3) is 0 Å². The SMILES string of the molecule is CCC1(C)n2nc(C)cc2-c2cccc[n+]2C1(CC)CC[n+]1c(-c2c(C)ccc3oc4ccccc4c23)cnc2cccnc21. The maximum Gasteiger partial charge on any atom is 0.349 e. The van der Waals surface area contributed by atoms with Crippen LogP contribution in [-0.2, 0) is 17.6 Å². The third kappa shape index (κ3) is 3.79. The molecule has 0 saturated carbocycles. The van der Waals surface area contributed by atoms with Crippen LogP contribution in [0.25, 0.3) is 55.7 Å². The van der Waals surface area contributed by atoms with Gasteiger partial charge in [0.1, 0.15) is 28.6 Å². The average molecular weight is 595 g/mol. The first-order valence-electron chi connectivity index (χ1n) is 16.0. The molecule has 0 spiro atoms. The number of nitrogens with zero attached hydrogens (tertiary/aromatic N) is 6. The number of benzene rings is 2. The van der Waals surface area contributed by atoms with Gasteiger partial charge in [-0.25, -0.2) is 14.2 Å². The molecule has 0 N–H and O–H groups in total. The smallest absolute Gasteiger partial charge is 0.349 e. The fourth-order valence-corrected chi connectivity index (χ4v) is 8.12. The summed E-state index contributed by atoms with van der Waals surface area (Å²) in [5, 5.41) is 7.35. The van der Waals surface area contributed by atoms with Gasteiger partial charge in [0.15, 0.2) is 22.9 Å². The molecule has 2 unspecified atom stereocenters. The highest BCUT2D eigenvalue weighted by Gasteiger charge is 2.60. The van der Waals surface area contributed by atoms with Crippen LogP contribution >= 0.6 is 0 Å². The van der Waals surface area contributed by atoms with E-state index < -0.39 is 0 Å². The van der Waals surface area contributed by atoms with Gasteiger partial charge in [0.2, 0.25) is 5.69 Å². The van der Waals surface area contributed by atoms with E-state index in [2.05, 4.69) is 109 Å². The standard InChI is InChI=1S/C38H38N6O/c1-6-37(5)38(7-2,43-21-11-10-15-29(43)30-23-26(4)41-44(30)37)19-22-42-31(24-40-28-14-12-20-39-36(28)42)34-25(3)17-18-33-35(34)27-13-8-9-16-32(27)45-33/h8-18,20-21,23-24H,6-7,19,22H2,1-5H3/q+2. The van der Waals surface area contributed by atoms with Gasteiger partial charge >= 0.3 is 5.65 Å². The van der Waals surface area contributed by atoms with Gasteiger partial charge in [-0.1, -0.05) is 38.1 Å². The molecule has 0 aliphatic carbocycles. The number of aromatic nitrogens is 6.